The van der Waals surface area contributed by atoms with Gasteiger partial charge < -0.3 is 14.8 Å². The van der Waals surface area contributed by atoms with Gasteiger partial charge >= 0.3 is 0 Å². The van der Waals surface area contributed by atoms with Gasteiger partial charge in [-0.25, -0.2) is 4.98 Å². The molecule has 0 saturated heterocycles. The molecule has 1 heterocycles. The highest BCUT2D eigenvalue weighted by Crippen LogP contribution is 2.34. The normalized spacial score (nSPS) is 11.7. The Balaban J connectivity index is 1.74. The average molecular weight is 461 g/mol. The number of halogens is 1. The lowest BCUT2D eigenvalue weighted by molar-refractivity contribution is -0.120. The maximum absolute atomic E-state index is 11.6. The zero-order valence-corrected chi connectivity index (χ0v) is 18.3. The summed E-state index contributed by atoms with van der Waals surface area (Å²) in [5, 5.41) is 5.85. The minimum absolute atomic E-state index is 0.0245. The first-order valence-corrected chi connectivity index (χ1v) is 10.5. The molecule has 3 aromatic rings. The molecule has 0 fully saturated rings. The largest absolute Gasteiger partial charge is 0.493 e. The third-order valence-electron chi connectivity index (χ3n) is 4.21. The van der Waals surface area contributed by atoms with Gasteiger partial charge in [0, 0.05) is 23.1 Å². The number of amides is 1. The standard InChI is InChI=1S/C21H21BrN2O3S/c1-13(22)20(25)23-11-14-4-6-15(7-5-14)21-24-17(12-28-21)16-8-9-18(26-2)19(10-16)27-3/h4-10,12-13H,11H2,1-3H3,(H,23,25). The summed E-state index contributed by atoms with van der Waals surface area (Å²) in [7, 11) is 3.24. The van der Waals surface area contributed by atoms with E-state index in [-0.39, 0.29) is 10.7 Å². The van der Waals surface area contributed by atoms with Crippen LogP contribution in [0.3, 0.4) is 0 Å². The van der Waals surface area contributed by atoms with E-state index >= 15 is 0 Å². The molecule has 2 aromatic carbocycles. The van der Waals surface area contributed by atoms with Crippen molar-refractivity contribution in [3.63, 3.8) is 0 Å². The zero-order valence-electron chi connectivity index (χ0n) is 15.9. The van der Waals surface area contributed by atoms with Crippen LogP contribution in [0.2, 0.25) is 0 Å². The lowest BCUT2D eigenvalue weighted by atomic mass is 10.1. The van der Waals surface area contributed by atoms with Gasteiger partial charge in [0.25, 0.3) is 0 Å². The van der Waals surface area contributed by atoms with E-state index < -0.39 is 0 Å². The van der Waals surface area contributed by atoms with Gasteiger partial charge in [-0.15, -0.1) is 11.3 Å². The fourth-order valence-corrected chi connectivity index (χ4v) is 3.63. The molecule has 0 saturated carbocycles. The number of methoxy groups -OCH3 is 2. The van der Waals surface area contributed by atoms with Crippen LogP contribution in [0, 0.1) is 0 Å². The number of hydrogen-bond acceptors (Lipinski definition) is 5. The molecule has 7 heteroatoms. The van der Waals surface area contributed by atoms with Crippen molar-refractivity contribution in [1.29, 1.82) is 0 Å². The Hall–Kier alpha value is -2.38. The summed E-state index contributed by atoms with van der Waals surface area (Å²) in [6.45, 7) is 2.31. The second-order valence-electron chi connectivity index (χ2n) is 6.14. The Morgan fingerprint density at radius 1 is 1.11 bits per heavy atom. The number of carbonyl (C=O) groups is 1. The molecule has 1 N–H and O–H groups in total. The lowest BCUT2D eigenvalue weighted by Crippen LogP contribution is -2.28. The second-order valence-corrected chi connectivity index (χ2v) is 8.37. The molecular weight excluding hydrogens is 440 g/mol. The van der Waals surface area contributed by atoms with Crippen molar-refractivity contribution in [3.05, 3.63) is 53.4 Å². The van der Waals surface area contributed by atoms with Crippen molar-refractivity contribution in [3.8, 4) is 33.3 Å². The molecule has 5 nitrogen and oxygen atoms in total. The first-order valence-electron chi connectivity index (χ1n) is 8.71. The average Bonchev–Trinajstić information content (AvgIpc) is 3.22. The zero-order chi connectivity index (χ0) is 20.1. The van der Waals surface area contributed by atoms with E-state index in [9.17, 15) is 4.79 Å². The molecule has 146 valence electrons. The van der Waals surface area contributed by atoms with E-state index in [0.29, 0.717) is 18.0 Å². The minimum atomic E-state index is -0.197. The predicted molar refractivity (Wildman–Crippen MR) is 116 cm³/mol. The molecular formula is C21H21BrN2O3S. The van der Waals surface area contributed by atoms with Gasteiger partial charge in [-0.1, -0.05) is 40.2 Å². The van der Waals surface area contributed by atoms with Crippen molar-refractivity contribution in [2.45, 2.75) is 18.3 Å². The molecule has 0 aliphatic heterocycles. The second kappa shape index (κ2) is 9.21. The van der Waals surface area contributed by atoms with Crippen molar-refractivity contribution in [2.75, 3.05) is 14.2 Å². The predicted octanol–water partition coefficient (Wildman–Crippen LogP) is 4.89. The van der Waals surface area contributed by atoms with E-state index in [1.165, 1.54) is 0 Å². The quantitative estimate of drug-likeness (QED) is 0.509. The highest BCUT2D eigenvalue weighted by atomic mass is 79.9. The Morgan fingerprint density at radius 3 is 2.43 bits per heavy atom. The maximum Gasteiger partial charge on any atom is 0.233 e. The first-order chi connectivity index (χ1) is 13.5. The van der Waals surface area contributed by atoms with Crippen molar-refractivity contribution in [2.24, 2.45) is 0 Å². The van der Waals surface area contributed by atoms with Crippen molar-refractivity contribution >= 4 is 33.2 Å². The first kappa shape index (κ1) is 20.4. The summed E-state index contributed by atoms with van der Waals surface area (Å²) in [6, 6.07) is 13.8. The smallest absolute Gasteiger partial charge is 0.233 e. The highest BCUT2D eigenvalue weighted by Gasteiger charge is 2.11. The third-order valence-corrected chi connectivity index (χ3v) is 5.52. The van der Waals surface area contributed by atoms with E-state index in [4.69, 9.17) is 14.5 Å². The van der Waals surface area contributed by atoms with Gasteiger partial charge in [-0.05, 0) is 30.7 Å². The fraction of sp³-hybridized carbons (Fsp3) is 0.238. The van der Waals surface area contributed by atoms with Crippen LogP contribution in [0.4, 0.5) is 0 Å². The summed E-state index contributed by atoms with van der Waals surface area (Å²) < 4.78 is 10.7. The van der Waals surface area contributed by atoms with Crippen LogP contribution in [0.15, 0.2) is 47.8 Å². The molecule has 1 amide bonds. The maximum atomic E-state index is 11.6. The molecule has 1 aromatic heterocycles. The van der Waals surface area contributed by atoms with Crippen LogP contribution in [-0.4, -0.2) is 29.9 Å². The summed E-state index contributed by atoms with van der Waals surface area (Å²) >= 11 is 4.85. The number of nitrogens with zero attached hydrogens (tertiary/aromatic N) is 1. The van der Waals surface area contributed by atoms with Crippen LogP contribution in [-0.2, 0) is 11.3 Å². The van der Waals surface area contributed by atoms with Gasteiger partial charge in [0.1, 0.15) is 5.01 Å². The summed E-state index contributed by atoms with van der Waals surface area (Å²) in [6.07, 6.45) is 0. The molecule has 0 radical (unpaired) electrons. The van der Waals surface area contributed by atoms with Crippen LogP contribution in [0.1, 0.15) is 12.5 Å². The Bertz CT molecular complexity index is 955. The highest BCUT2D eigenvalue weighted by molar-refractivity contribution is 9.10. The van der Waals surface area contributed by atoms with Crippen LogP contribution in [0.25, 0.3) is 21.8 Å². The fourth-order valence-electron chi connectivity index (χ4n) is 2.63. The van der Waals surface area contributed by atoms with Gasteiger partial charge in [0.15, 0.2) is 11.5 Å². The van der Waals surface area contributed by atoms with Crippen LogP contribution >= 0.6 is 27.3 Å². The van der Waals surface area contributed by atoms with Crippen LogP contribution in [0.5, 0.6) is 11.5 Å². The number of rotatable bonds is 7. The topological polar surface area (TPSA) is 60.5 Å². The molecule has 1 atom stereocenters. The number of nitrogens with one attached hydrogen (secondary N) is 1. The van der Waals surface area contributed by atoms with E-state index in [1.807, 2.05) is 47.8 Å². The van der Waals surface area contributed by atoms with E-state index in [0.717, 1.165) is 27.4 Å². The molecule has 0 bridgehead atoms. The van der Waals surface area contributed by atoms with Gasteiger partial charge in [-0.2, -0.15) is 0 Å². The monoisotopic (exact) mass is 460 g/mol. The third kappa shape index (κ3) is 4.72. The van der Waals surface area contributed by atoms with Crippen molar-refractivity contribution in [1.82, 2.24) is 10.3 Å². The number of carbonyl (C=O) groups excluding carboxylic acids is 1. The summed E-state index contributed by atoms with van der Waals surface area (Å²) in [5.41, 5.74) is 3.95. The minimum Gasteiger partial charge on any atom is -0.493 e. The summed E-state index contributed by atoms with van der Waals surface area (Å²) in [4.78, 5) is 16.2. The number of thiazole rings is 1. The number of ether oxygens (including phenoxy) is 2. The Kier molecular flexibility index (Phi) is 6.70. The SMILES string of the molecule is COc1ccc(-c2csc(-c3ccc(CNC(=O)C(C)Br)cc3)n2)cc1OC. The molecule has 0 aliphatic carbocycles. The van der Waals surface area contributed by atoms with E-state index in [2.05, 4.69) is 21.2 Å². The molecule has 0 spiro atoms. The van der Waals surface area contributed by atoms with Gasteiger partial charge in [0.2, 0.25) is 5.91 Å². The lowest BCUT2D eigenvalue weighted by Gasteiger charge is -2.08. The molecule has 0 aliphatic rings. The van der Waals surface area contributed by atoms with E-state index in [1.54, 1.807) is 32.5 Å². The van der Waals surface area contributed by atoms with Crippen molar-refractivity contribution < 1.29 is 14.3 Å². The van der Waals surface area contributed by atoms with Crippen LogP contribution < -0.4 is 14.8 Å². The Labute approximate surface area is 176 Å². The molecule has 28 heavy (non-hydrogen) atoms. The number of alkyl halides is 1. The number of benzene rings is 2. The van der Waals surface area contributed by atoms with Gasteiger partial charge in [-0.3, -0.25) is 4.79 Å². The molecule has 1 unspecified atom stereocenters. The number of aromatic nitrogens is 1. The summed E-state index contributed by atoms with van der Waals surface area (Å²) in [5.74, 6) is 1.35. The number of hydrogen-bond donors (Lipinski definition) is 1. The Morgan fingerprint density at radius 2 is 1.79 bits per heavy atom. The van der Waals surface area contributed by atoms with Gasteiger partial charge in [0.05, 0.1) is 24.7 Å². The molecule has 3 rings (SSSR count).